The number of carbonyl (C=O) groups excluding carboxylic acids is 2. The van der Waals surface area contributed by atoms with Crippen LogP contribution in [0, 0.1) is 0 Å². The van der Waals surface area contributed by atoms with Crippen LogP contribution in [0.4, 0.5) is 0 Å². The first-order chi connectivity index (χ1) is 15.9. The third-order valence-corrected chi connectivity index (χ3v) is 7.48. The highest BCUT2D eigenvalue weighted by molar-refractivity contribution is 7.20. The highest BCUT2D eigenvalue weighted by Gasteiger charge is 2.30. The molecule has 1 fully saturated rings. The second kappa shape index (κ2) is 8.64. The summed E-state index contributed by atoms with van der Waals surface area (Å²) in [5.74, 6) is -0.256. The highest BCUT2D eigenvalue weighted by atomic mass is 35.5. The zero-order valence-corrected chi connectivity index (χ0v) is 19.4. The number of aromatic hydroxyl groups is 1. The van der Waals surface area contributed by atoms with Gasteiger partial charge in [-0.25, -0.2) is 4.98 Å². The lowest BCUT2D eigenvalue weighted by atomic mass is 9.90. The molecule has 2 atom stereocenters. The van der Waals surface area contributed by atoms with E-state index in [2.05, 4.69) is 20.5 Å². The first-order valence-corrected chi connectivity index (χ1v) is 11.9. The average Bonchev–Trinajstić information content (AvgIpc) is 3.41. The number of pyridine rings is 1. The number of aromatic nitrogens is 3. The number of nitrogens with zero attached hydrogens (tertiary/aromatic N) is 3. The molecule has 2 amide bonds. The van der Waals surface area contributed by atoms with Crippen LogP contribution in [0.2, 0.25) is 5.15 Å². The molecular formula is C23H22ClN5O3S. The zero-order valence-electron chi connectivity index (χ0n) is 17.8. The van der Waals surface area contributed by atoms with Crippen LogP contribution in [0.3, 0.4) is 0 Å². The molecule has 0 spiro atoms. The first kappa shape index (κ1) is 21.7. The van der Waals surface area contributed by atoms with Gasteiger partial charge in [-0.15, -0.1) is 11.3 Å². The van der Waals surface area contributed by atoms with Gasteiger partial charge in [0.1, 0.15) is 10.9 Å². The van der Waals surface area contributed by atoms with Crippen molar-refractivity contribution >= 4 is 55.7 Å². The molecule has 1 aromatic carbocycles. The van der Waals surface area contributed by atoms with Gasteiger partial charge < -0.3 is 15.3 Å². The summed E-state index contributed by atoms with van der Waals surface area (Å²) in [5, 5.41) is 21.6. The number of halogens is 1. The third kappa shape index (κ3) is 4.26. The summed E-state index contributed by atoms with van der Waals surface area (Å²) in [6, 6.07) is 8.32. The van der Waals surface area contributed by atoms with E-state index in [9.17, 15) is 14.7 Å². The molecule has 1 saturated carbocycles. The van der Waals surface area contributed by atoms with Gasteiger partial charge in [0.2, 0.25) is 0 Å². The van der Waals surface area contributed by atoms with E-state index < -0.39 is 0 Å². The quantitative estimate of drug-likeness (QED) is 0.374. The van der Waals surface area contributed by atoms with Gasteiger partial charge in [-0.05, 0) is 56.0 Å². The number of H-pyrrole nitrogens is 1. The second-order valence-corrected chi connectivity index (χ2v) is 9.84. The monoisotopic (exact) mass is 483 g/mol. The predicted octanol–water partition coefficient (Wildman–Crippen LogP) is 4.34. The average molecular weight is 484 g/mol. The minimum Gasteiger partial charge on any atom is -0.508 e. The maximum absolute atomic E-state index is 13.2. The van der Waals surface area contributed by atoms with Gasteiger partial charge in [0.25, 0.3) is 11.8 Å². The molecule has 4 aromatic rings. The topological polar surface area (TPSA) is 111 Å². The summed E-state index contributed by atoms with van der Waals surface area (Å²) in [4.78, 5) is 32.5. The van der Waals surface area contributed by atoms with Crippen molar-refractivity contribution < 1.29 is 14.7 Å². The Morgan fingerprint density at radius 2 is 2.12 bits per heavy atom. The fourth-order valence-corrected chi connectivity index (χ4v) is 5.71. The first-order valence-electron chi connectivity index (χ1n) is 10.7. The molecule has 0 aliphatic heterocycles. The number of rotatable bonds is 4. The Morgan fingerprint density at radius 3 is 2.97 bits per heavy atom. The summed E-state index contributed by atoms with van der Waals surface area (Å²) < 4.78 is 0.929. The van der Waals surface area contributed by atoms with Crippen molar-refractivity contribution in [1.29, 1.82) is 0 Å². The standard InChI is InChI=1S/C23H22ClN5O3S/c1-29(23(32)19-7-12-11-25-20(24)10-18(12)33-19)14-4-2-3-13(8-14)26-22(31)21-16-9-15(30)5-6-17(16)27-28-21/h5-7,9-11,13-14,30H,2-4,8H2,1H3,(H,26,31)(H,27,28). The molecule has 8 nitrogen and oxygen atoms in total. The van der Waals surface area contributed by atoms with Crippen LogP contribution in [-0.4, -0.2) is 56.1 Å². The largest absolute Gasteiger partial charge is 0.508 e. The molecule has 3 N–H and O–H groups in total. The van der Waals surface area contributed by atoms with Crippen molar-refractivity contribution in [2.24, 2.45) is 0 Å². The van der Waals surface area contributed by atoms with Gasteiger partial charge in [0.05, 0.1) is 10.4 Å². The van der Waals surface area contributed by atoms with Crippen molar-refractivity contribution in [2.75, 3.05) is 7.05 Å². The lowest BCUT2D eigenvalue weighted by Gasteiger charge is -2.35. The summed E-state index contributed by atoms with van der Waals surface area (Å²) in [7, 11) is 1.82. The van der Waals surface area contributed by atoms with Crippen LogP contribution in [0.15, 0.2) is 36.5 Å². The minimum absolute atomic E-state index is 0.0171. The Balaban J connectivity index is 1.28. The van der Waals surface area contributed by atoms with Gasteiger partial charge in [-0.2, -0.15) is 5.10 Å². The summed E-state index contributed by atoms with van der Waals surface area (Å²) in [6.45, 7) is 0. The number of aromatic amines is 1. The second-order valence-electron chi connectivity index (χ2n) is 8.36. The Morgan fingerprint density at radius 1 is 1.27 bits per heavy atom. The highest BCUT2D eigenvalue weighted by Crippen LogP contribution is 2.30. The molecule has 3 heterocycles. The maximum atomic E-state index is 13.2. The van der Waals surface area contributed by atoms with Gasteiger partial charge >= 0.3 is 0 Å². The Bertz CT molecular complexity index is 1370. The summed E-state index contributed by atoms with van der Waals surface area (Å²) >= 11 is 7.38. The van der Waals surface area contributed by atoms with E-state index in [0.717, 1.165) is 29.3 Å². The van der Waals surface area contributed by atoms with E-state index in [4.69, 9.17) is 11.6 Å². The van der Waals surface area contributed by atoms with Crippen LogP contribution in [0.1, 0.15) is 45.8 Å². The van der Waals surface area contributed by atoms with E-state index >= 15 is 0 Å². The van der Waals surface area contributed by atoms with Crippen LogP contribution in [0.25, 0.3) is 21.0 Å². The molecule has 5 rings (SSSR count). The van der Waals surface area contributed by atoms with Crippen molar-refractivity contribution in [3.8, 4) is 5.75 Å². The smallest absolute Gasteiger partial charge is 0.272 e. The summed E-state index contributed by atoms with van der Waals surface area (Å²) in [5.41, 5.74) is 0.939. The number of amides is 2. The van der Waals surface area contributed by atoms with E-state index in [-0.39, 0.29) is 35.3 Å². The molecule has 3 aromatic heterocycles. The van der Waals surface area contributed by atoms with Gasteiger partial charge in [0.15, 0.2) is 5.69 Å². The molecule has 1 aliphatic carbocycles. The van der Waals surface area contributed by atoms with Crippen LogP contribution in [0.5, 0.6) is 5.75 Å². The van der Waals surface area contributed by atoms with Crippen molar-refractivity contribution in [2.45, 2.75) is 37.8 Å². The number of phenols is 1. The minimum atomic E-state index is -0.291. The Labute approximate surface area is 198 Å². The fourth-order valence-electron chi connectivity index (χ4n) is 4.43. The number of hydrogen-bond acceptors (Lipinski definition) is 6. The Kier molecular flexibility index (Phi) is 5.67. The lowest BCUT2D eigenvalue weighted by Crippen LogP contribution is -2.46. The third-order valence-electron chi connectivity index (χ3n) is 6.19. The van der Waals surface area contributed by atoms with Gasteiger partial charge in [0, 0.05) is 40.8 Å². The molecular weight excluding hydrogens is 462 g/mol. The fraction of sp³-hybridized carbons (Fsp3) is 0.304. The number of carbonyl (C=O) groups is 2. The normalized spacial score (nSPS) is 18.5. The van der Waals surface area contributed by atoms with Crippen molar-refractivity contribution in [3.63, 3.8) is 0 Å². The predicted molar refractivity (Wildman–Crippen MR) is 128 cm³/mol. The van der Waals surface area contributed by atoms with Crippen molar-refractivity contribution in [1.82, 2.24) is 25.4 Å². The number of fused-ring (bicyclic) bond motifs is 2. The lowest BCUT2D eigenvalue weighted by molar-refractivity contribution is 0.0679. The van der Waals surface area contributed by atoms with Crippen molar-refractivity contribution in [3.05, 3.63) is 52.3 Å². The molecule has 1 aliphatic rings. The molecule has 0 saturated heterocycles. The maximum Gasteiger partial charge on any atom is 0.272 e. The van der Waals surface area contributed by atoms with Crippen LogP contribution < -0.4 is 5.32 Å². The van der Waals surface area contributed by atoms with Gasteiger partial charge in [-0.3, -0.25) is 14.7 Å². The van der Waals surface area contributed by atoms with Crippen LogP contribution >= 0.6 is 22.9 Å². The Hall–Kier alpha value is -3.17. The zero-order chi connectivity index (χ0) is 23.1. The number of benzene rings is 1. The van der Waals surface area contributed by atoms with E-state index in [1.165, 1.54) is 17.4 Å². The van der Waals surface area contributed by atoms with Crippen LogP contribution in [-0.2, 0) is 0 Å². The van der Waals surface area contributed by atoms with E-state index in [0.29, 0.717) is 27.4 Å². The van der Waals surface area contributed by atoms with Gasteiger partial charge in [-0.1, -0.05) is 11.6 Å². The molecule has 10 heteroatoms. The molecule has 170 valence electrons. The molecule has 33 heavy (non-hydrogen) atoms. The molecule has 0 bridgehead atoms. The number of hydrogen-bond donors (Lipinski definition) is 3. The van der Waals surface area contributed by atoms with E-state index in [1.807, 2.05) is 13.1 Å². The number of phenolic OH excluding ortho intramolecular Hbond substituents is 1. The van der Waals surface area contributed by atoms with E-state index in [1.54, 1.807) is 29.3 Å². The molecule has 2 unspecified atom stereocenters. The number of thiophene rings is 1. The number of nitrogens with one attached hydrogen (secondary N) is 2. The molecule has 0 radical (unpaired) electrons. The SMILES string of the molecule is CN(C(=O)c1cc2cnc(Cl)cc2s1)C1CCCC(NC(=O)c2n[nH]c3ccc(O)cc23)C1. The summed E-state index contributed by atoms with van der Waals surface area (Å²) in [6.07, 6.45) is 4.97.